The third kappa shape index (κ3) is 8.12. The monoisotopic (exact) mass is 317 g/mol. The number of carbonyl (C=O) groups is 1. The van der Waals surface area contributed by atoms with Crippen LogP contribution in [0.5, 0.6) is 0 Å². The molecule has 1 aliphatic rings. The fourth-order valence-electron chi connectivity index (χ4n) is 2.49. The Morgan fingerprint density at radius 1 is 0.778 bits per heavy atom. The molecule has 1 saturated heterocycles. The number of halogens is 1. The van der Waals surface area contributed by atoms with Crippen molar-refractivity contribution in [2.75, 3.05) is 6.54 Å². The topological polar surface area (TPSA) is 29.1 Å². The van der Waals surface area contributed by atoms with Crippen LogP contribution in [-0.2, 0) is 4.79 Å². The third-order valence-electron chi connectivity index (χ3n) is 3.72. The van der Waals surface area contributed by atoms with Gasteiger partial charge in [0.15, 0.2) is 0 Å². The molecule has 1 aliphatic heterocycles. The van der Waals surface area contributed by atoms with Crippen molar-refractivity contribution in [3.8, 4) is 0 Å². The summed E-state index contributed by atoms with van der Waals surface area (Å²) in [6.45, 7) is 0.848. The minimum absolute atomic E-state index is 0.0189. The van der Waals surface area contributed by atoms with Gasteiger partial charge in [0, 0.05) is 6.54 Å². The largest absolute Gasteiger partial charge is 0.355 e. The summed E-state index contributed by atoms with van der Waals surface area (Å²) in [6.07, 6.45) is 15.4. The second-order valence-corrected chi connectivity index (χ2v) is 6.54. The molecule has 1 rings (SSSR count). The van der Waals surface area contributed by atoms with E-state index in [1.54, 1.807) is 0 Å². The van der Waals surface area contributed by atoms with E-state index < -0.39 is 0 Å². The minimum Gasteiger partial charge on any atom is -0.355 e. The number of hydrogen-bond donors (Lipinski definition) is 1. The number of alkyl halides is 1. The van der Waals surface area contributed by atoms with Gasteiger partial charge in [0.05, 0.1) is 4.83 Å². The Kier molecular flexibility index (Phi) is 9.63. The smallest absolute Gasteiger partial charge is 0.233 e. The van der Waals surface area contributed by atoms with Gasteiger partial charge in [-0.3, -0.25) is 4.79 Å². The van der Waals surface area contributed by atoms with Gasteiger partial charge < -0.3 is 5.32 Å². The summed E-state index contributed by atoms with van der Waals surface area (Å²) >= 11 is 3.49. The van der Waals surface area contributed by atoms with E-state index in [-0.39, 0.29) is 10.7 Å². The first-order valence-electron chi connectivity index (χ1n) is 7.72. The summed E-state index contributed by atoms with van der Waals surface area (Å²) in [6, 6.07) is 0. The molecule has 1 N–H and O–H groups in total. The fraction of sp³-hybridized carbons (Fsp3) is 0.933. The molecule has 1 unspecified atom stereocenters. The molecule has 0 bridgehead atoms. The summed E-state index contributed by atoms with van der Waals surface area (Å²) in [5.41, 5.74) is 0. The van der Waals surface area contributed by atoms with Crippen LogP contribution in [0.2, 0.25) is 0 Å². The van der Waals surface area contributed by atoms with Crippen LogP contribution in [0.15, 0.2) is 0 Å². The molecule has 0 aliphatic carbocycles. The summed E-state index contributed by atoms with van der Waals surface area (Å²) < 4.78 is 0. The van der Waals surface area contributed by atoms with Gasteiger partial charge in [-0.25, -0.2) is 0 Å². The van der Waals surface area contributed by atoms with Gasteiger partial charge in [-0.05, 0) is 12.8 Å². The van der Waals surface area contributed by atoms with Crippen LogP contribution in [0.25, 0.3) is 0 Å². The first kappa shape index (κ1) is 16.0. The van der Waals surface area contributed by atoms with Crippen molar-refractivity contribution in [3.63, 3.8) is 0 Å². The van der Waals surface area contributed by atoms with Crippen LogP contribution in [0.3, 0.4) is 0 Å². The van der Waals surface area contributed by atoms with Crippen LogP contribution in [0.1, 0.15) is 77.0 Å². The van der Waals surface area contributed by atoms with Crippen molar-refractivity contribution >= 4 is 21.8 Å². The van der Waals surface area contributed by atoms with E-state index in [2.05, 4.69) is 21.2 Å². The quantitative estimate of drug-likeness (QED) is 0.652. The maximum absolute atomic E-state index is 11.7. The lowest BCUT2D eigenvalue weighted by Gasteiger charge is -2.11. The van der Waals surface area contributed by atoms with Gasteiger partial charge >= 0.3 is 0 Å². The molecular weight excluding hydrogens is 290 g/mol. The number of hydrogen-bond acceptors (Lipinski definition) is 1. The summed E-state index contributed by atoms with van der Waals surface area (Å²) in [5, 5.41) is 3.03. The van der Waals surface area contributed by atoms with Crippen molar-refractivity contribution < 1.29 is 4.79 Å². The molecule has 1 heterocycles. The van der Waals surface area contributed by atoms with Crippen molar-refractivity contribution in [2.45, 2.75) is 81.9 Å². The lowest BCUT2D eigenvalue weighted by atomic mass is 10.0. The van der Waals surface area contributed by atoms with E-state index in [0.29, 0.717) is 0 Å². The molecule has 1 amide bonds. The normalized spacial score (nSPS) is 26.5. The zero-order valence-electron chi connectivity index (χ0n) is 11.6. The second kappa shape index (κ2) is 10.8. The summed E-state index contributed by atoms with van der Waals surface area (Å²) in [5.74, 6) is 0.182. The first-order valence-corrected chi connectivity index (χ1v) is 8.64. The fourth-order valence-corrected chi connectivity index (χ4v) is 2.98. The highest BCUT2D eigenvalue weighted by Crippen LogP contribution is 2.15. The highest BCUT2D eigenvalue weighted by atomic mass is 79.9. The molecule has 2 nitrogen and oxygen atoms in total. The Bertz CT molecular complexity index is 221. The molecular formula is C15H28BrNO. The lowest BCUT2D eigenvalue weighted by Crippen LogP contribution is -2.31. The zero-order valence-corrected chi connectivity index (χ0v) is 13.1. The van der Waals surface area contributed by atoms with Crippen LogP contribution >= 0.6 is 15.9 Å². The Morgan fingerprint density at radius 3 is 1.78 bits per heavy atom. The maximum atomic E-state index is 11.7. The zero-order chi connectivity index (χ0) is 13.1. The Hall–Kier alpha value is -0.0500. The van der Waals surface area contributed by atoms with E-state index in [1.165, 1.54) is 64.2 Å². The molecule has 0 radical (unpaired) electrons. The van der Waals surface area contributed by atoms with Crippen molar-refractivity contribution in [1.29, 1.82) is 0 Å². The van der Waals surface area contributed by atoms with E-state index in [4.69, 9.17) is 0 Å². The molecule has 0 saturated carbocycles. The first-order chi connectivity index (χ1) is 8.80. The van der Waals surface area contributed by atoms with Crippen LogP contribution < -0.4 is 5.32 Å². The molecule has 1 atom stereocenters. The lowest BCUT2D eigenvalue weighted by molar-refractivity contribution is -0.120. The highest BCUT2D eigenvalue weighted by molar-refractivity contribution is 9.10. The predicted octanol–water partition coefficient (Wildman–Crippen LogP) is 4.56. The molecule has 1 fully saturated rings. The minimum atomic E-state index is 0.0189. The van der Waals surface area contributed by atoms with E-state index >= 15 is 0 Å². The van der Waals surface area contributed by atoms with E-state index in [9.17, 15) is 4.79 Å². The van der Waals surface area contributed by atoms with Gasteiger partial charge in [-0.15, -0.1) is 0 Å². The molecule has 3 heteroatoms. The average molecular weight is 318 g/mol. The van der Waals surface area contributed by atoms with Crippen molar-refractivity contribution in [3.05, 3.63) is 0 Å². The average Bonchev–Trinajstić information content (AvgIpc) is 2.37. The molecule has 0 spiro atoms. The van der Waals surface area contributed by atoms with E-state index in [0.717, 1.165) is 19.4 Å². The Balaban J connectivity index is 2.22. The van der Waals surface area contributed by atoms with Crippen molar-refractivity contribution in [2.24, 2.45) is 0 Å². The third-order valence-corrected chi connectivity index (χ3v) is 4.59. The molecule has 0 aromatic rings. The van der Waals surface area contributed by atoms with E-state index in [1.807, 2.05) is 0 Å². The van der Waals surface area contributed by atoms with Gasteiger partial charge in [0.1, 0.15) is 0 Å². The molecule has 0 aromatic heterocycles. The SMILES string of the molecule is O=C1NCCCCCCCCCCCCCC1Br. The molecule has 106 valence electrons. The number of rotatable bonds is 0. The van der Waals surface area contributed by atoms with Crippen molar-refractivity contribution in [1.82, 2.24) is 5.32 Å². The van der Waals surface area contributed by atoms with Crippen LogP contribution in [0.4, 0.5) is 0 Å². The number of amides is 1. The Labute approximate surface area is 120 Å². The number of nitrogens with one attached hydrogen (secondary N) is 1. The highest BCUT2D eigenvalue weighted by Gasteiger charge is 2.13. The summed E-state index contributed by atoms with van der Waals surface area (Å²) in [7, 11) is 0. The standard InChI is InChI=1S/C15H28BrNO/c16-14-12-10-8-6-4-2-1-3-5-7-9-11-13-17-15(14)18/h14H,1-13H2,(H,17,18). The second-order valence-electron chi connectivity index (χ2n) is 5.44. The van der Waals surface area contributed by atoms with Crippen LogP contribution in [-0.4, -0.2) is 17.3 Å². The number of carbonyl (C=O) groups excluding carboxylic acids is 1. The van der Waals surface area contributed by atoms with Gasteiger partial charge in [0.25, 0.3) is 0 Å². The van der Waals surface area contributed by atoms with Gasteiger partial charge in [-0.1, -0.05) is 80.1 Å². The maximum Gasteiger partial charge on any atom is 0.233 e. The van der Waals surface area contributed by atoms with Gasteiger partial charge in [-0.2, -0.15) is 0 Å². The molecule has 0 aromatic carbocycles. The predicted molar refractivity (Wildman–Crippen MR) is 81.1 cm³/mol. The van der Waals surface area contributed by atoms with Gasteiger partial charge in [0.2, 0.25) is 5.91 Å². The molecule has 18 heavy (non-hydrogen) atoms. The summed E-state index contributed by atoms with van der Waals surface area (Å²) in [4.78, 5) is 11.8. The van der Waals surface area contributed by atoms with Crippen LogP contribution in [0, 0.1) is 0 Å². The Morgan fingerprint density at radius 2 is 1.22 bits per heavy atom.